The summed E-state index contributed by atoms with van der Waals surface area (Å²) in [6.07, 6.45) is 2.97. The smallest absolute Gasteiger partial charge is 0.142 e. The fourth-order valence-corrected chi connectivity index (χ4v) is 2.28. The second kappa shape index (κ2) is 7.74. The standard InChI is InChI=1S/C17H24N2O2/c1-4-9-18-11-14-10-15(21-13-14)12-19(2)16-7-5-6-8-17(16)20-3/h5-8,10,13,18H,4,9,11-12H2,1-3H3. The molecule has 0 fully saturated rings. The van der Waals surface area contributed by atoms with Gasteiger partial charge in [0.25, 0.3) is 0 Å². The summed E-state index contributed by atoms with van der Waals surface area (Å²) in [6.45, 7) is 4.77. The van der Waals surface area contributed by atoms with E-state index in [0.717, 1.165) is 36.7 Å². The summed E-state index contributed by atoms with van der Waals surface area (Å²) in [5.74, 6) is 1.83. The van der Waals surface area contributed by atoms with E-state index in [2.05, 4.69) is 23.2 Å². The number of methoxy groups -OCH3 is 1. The minimum Gasteiger partial charge on any atom is -0.495 e. The molecule has 2 aromatic rings. The number of hydrogen-bond donors (Lipinski definition) is 1. The fraction of sp³-hybridized carbons (Fsp3) is 0.412. The van der Waals surface area contributed by atoms with Crippen LogP contribution >= 0.6 is 0 Å². The van der Waals surface area contributed by atoms with E-state index < -0.39 is 0 Å². The maximum Gasteiger partial charge on any atom is 0.142 e. The molecule has 1 heterocycles. The van der Waals surface area contributed by atoms with Crippen LogP contribution in [0.3, 0.4) is 0 Å². The third-order valence-corrected chi connectivity index (χ3v) is 3.35. The summed E-state index contributed by atoms with van der Waals surface area (Å²) in [6, 6.07) is 10.1. The van der Waals surface area contributed by atoms with Gasteiger partial charge in [0.2, 0.25) is 0 Å². The van der Waals surface area contributed by atoms with Crippen molar-refractivity contribution in [3.05, 3.63) is 47.9 Å². The van der Waals surface area contributed by atoms with E-state index in [-0.39, 0.29) is 0 Å². The Kier molecular flexibility index (Phi) is 5.69. The Morgan fingerprint density at radius 1 is 1.29 bits per heavy atom. The Hall–Kier alpha value is -1.94. The minimum atomic E-state index is 0.716. The van der Waals surface area contributed by atoms with Gasteiger partial charge in [-0.05, 0) is 31.2 Å². The first kappa shape index (κ1) is 15.4. The molecule has 0 aliphatic heterocycles. The Bertz CT molecular complexity index is 551. The molecule has 1 aromatic carbocycles. The number of hydrogen-bond acceptors (Lipinski definition) is 4. The summed E-state index contributed by atoms with van der Waals surface area (Å²) in [5, 5.41) is 3.37. The Morgan fingerprint density at radius 2 is 2.10 bits per heavy atom. The first-order chi connectivity index (χ1) is 10.2. The Labute approximate surface area is 126 Å². The van der Waals surface area contributed by atoms with Gasteiger partial charge in [0.05, 0.1) is 25.6 Å². The molecule has 4 nitrogen and oxygen atoms in total. The zero-order chi connectivity index (χ0) is 15.1. The average Bonchev–Trinajstić information content (AvgIpc) is 2.95. The van der Waals surface area contributed by atoms with E-state index in [4.69, 9.17) is 9.15 Å². The number of nitrogens with zero attached hydrogens (tertiary/aromatic N) is 1. The van der Waals surface area contributed by atoms with Gasteiger partial charge in [0.15, 0.2) is 0 Å². The predicted octanol–water partition coefficient (Wildman–Crippen LogP) is 3.42. The van der Waals surface area contributed by atoms with Crippen molar-refractivity contribution in [3.63, 3.8) is 0 Å². The molecular weight excluding hydrogens is 264 g/mol. The molecule has 21 heavy (non-hydrogen) atoms. The lowest BCUT2D eigenvalue weighted by atomic mass is 10.2. The minimum absolute atomic E-state index is 0.716. The molecule has 2 rings (SSSR count). The molecule has 0 spiro atoms. The number of benzene rings is 1. The van der Waals surface area contributed by atoms with E-state index in [1.807, 2.05) is 37.6 Å². The lowest BCUT2D eigenvalue weighted by Crippen LogP contribution is -2.16. The van der Waals surface area contributed by atoms with Crippen molar-refractivity contribution in [2.75, 3.05) is 25.6 Å². The van der Waals surface area contributed by atoms with Crippen LogP contribution < -0.4 is 15.0 Å². The van der Waals surface area contributed by atoms with Crippen LogP contribution in [0, 0.1) is 0 Å². The topological polar surface area (TPSA) is 37.6 Å². The van der Waals surface area contributed by atoms with Crippen LogP contribution in [-0.2, 0) is 13.1 Å². The van der Waals surface area contributed by atoms with Gasteiger partial charge in [-0.3, -0.25) is 0 Å². The largest absolute Gasteiger partial charge is 0.495 e. The number of rotatable bonds is 8. The second-order valence-corrected chi connectivity index (χ2v) is 5.13. The van der Waals surface area contributed by atoms with Gasteiger partial charge in [-0.1, -0.05) is 19.1 Å². The van der Waals surface area contributed by atoms with Crippen LogP contribution in [0.25, 0.3) is 0 Å². The van der Waals surface area contributed by atoms with Gasteiger partial charge in [-0.2, -0.15) is 0 Å². The van der Waals surface area contributed by atoms with Crippen LogP contribution in [0.2, 0.25) is 0 Å². The number of furan rings is 1. The zero-order valence-corrected chi connectivity index (χ0v) is 13.1. The van der Waals surface area contributed by atoms with Gasteiger partial charge in [-0.25, -0.2) is 0 Å². The van der Waals surface area contributed by atoms with Crippen molar-refractivity contribution in [1.29, 1.82) is 0 Å². The van der Waals surface area contributed by atoms with E-state index in [1.165, 1.54) is 5.56 Å². The molecule has 0 aliphatic rings. The predicted molar refractivity (Wildman–Crippen MR) is 85.8 cm³/mol. The summed E-state index contributed by atoms with van der Waals surface area (Å²) >= 11 is 0. The quantitative estimate of drug-likeness (QED) is 0.755. The lowest BCUT2D eigenvalue weighted by Gasteiger charge is -2.20. The monoisotopic (exact) mass is 288 g/mol. The summed E-state index contributed by atoms with van der Waals surface area (Å²) in [4.78, 5) is 2.13. The highest BCUT2D eigenvalue weighted by Crippen LogP contribution is 2.27. The average molecular weight is 288 g/mol. The molecule has 0 bridgehead atoms. The summed E-state index contributed by atoms with van der Waals surface area (Å²) in [7, 11) is 3.73. The maximum absolute atomic E-state index is 5.64. The van der Waals surface area contributed by atoms with Gasteiger partial charge in [0.1, 0.15) is 11.5 Å². The molecule has 1 aromatic heterocycles. The van der Waals surface area contributed by atoms with Crippen molar-refractivity contribution < 1.29 is 9.15 Å². The number of anilines is 1. The van der Waals surface area contributed by atoms with Crippen LogP contribution in [-0.4, -0.2) is 20.7 Å². The molecule has 0 saturated heterocycles. The van der Waals surface area contributed by atoms with Gasteiger partial charge < -0.3 is 19.4 Å². The Balaban J connectivity index is 1.97. The molecule has 0 radical (unpaired) electrons. The highest BCUT2D eigenvalue weighted by molar-refractivity contribution is 5.57. The van der Waals surface area contributed by atoms with E-state index in [0.29, 0.717) is 6.54 Å². The Morgan fingerprint density at radius 3 is 2.86 bits per heavy atom. The van der Waals surface area contributed by atoms with Gasteiger partial charge in [0, 0.05) is 19.2 Å². The van der Waals surface area contributed by atoms with E-state index in [1.54, 1.807) is 7.11 Å². The molecule has 4 heteroatoms. The molecule has 1 N–H and O–H groups in total. The SMILES string of the molecule is CCCNCc1coc(CN(C)c2ccccc2OC)c1. The molecule has 0 saturated carbocycles. The number of nitrogens with one attached hydrogen (secondary N) is 1. The van der Waals surface area contributed by atoms with Crippen LogP contribution in [0.4, 0.5) is 5.69 Å². The van der Waals surface area contributed by atoms with E-state index >= 15 is 0 Å². The third-order valence-electron chi connectivity index (χ3n) is 3.35. The molecule has 0 atom stereocenters. The molecule has 0 unspecified atom stereocenters. The molecule has 0 aliphatic carbocycles. The molecule has 0 amide bonds. The van der Waals surface area contributed by atoms with Crippen LogP contribution in [0.15, 0.2) is 41.0 Å². The number of para-hydroxylation sites is 2. The summed E-state index contributed by atoms with van der Waals surface area (Å²) < 4.78 is 11.0. The van der Waals surface area contributed by atoms with E-state index in [9.17, 15) is 0 Å². The van der Waals surface area contributed by atoms with Gasteiger partial charge >= 0.3 is 0 Å². The first-order valence-electron chi connectivity index (χ1n) is 7.35. The maximum atomic E-state index is 5.64. The van der Waals surface area contributed by atoms with Gasteiger partial charge in [-0.15, -0.1) is 0 Å². The first-order valence-corrected chi connectivity index (χ1v) is 7.35. The highest BCUT2D eigenvalue weighted by Gasteiger charge is 2.10. The van der Waals surface area contributed by atoms with Crippen molar-refractivity contribution >= 4 is 5.69 Å². The van der Waals surface area contributed by atoms with Crippen LogP contribution in [0.1, 0.15) is 24.7 Å². The third kappa shape index (κ3) is 4.26. The van der Waals surface area contributed by atoms with Crippen molar-refractivity contribution in [2.45, 2.75) is 26.4 Å². The highest BCUT2D eigenvalue weighted by atomic mass is 16.5. The van der Waals surface area contributed by atoms with Crippen molar-refractivity contribution in [2.24, 2.45) is 0 Å². The van der Waals surface area contributed by atoms with Crippen molar-refractivity contribution in [3.8, 4) is 5.75 Å². The molecular formula is C17H24N2O2. The lowest BCUT2D eigenvalue weighted by molar-refractivity contribution is 0.414. The number of ether oxygens (including phenoxy) is 1. The van der Waals surface area contributed by atoms with Crippen LogP contribution in [0.5, 0.6) is 5.75 Å². The zero-order valence-electron chi connectivity index (χ0n) is 13.1. The summed E-state index contributed by atoms with van der Waals surface area (Å²) in [5.41, 5.74) is 2.24. The second-order valence-electron chi connectivity index (χ2n) is 5.13. The normalized spacial score (nSPS) is 10.6. The fourth-order valence-electron chi connectivity index (χ4n) is 2.28. The van der Waals surface area contributed by atoms with Crippen molar-refractivity contribution in [1.82, 2.24) is 5.32 Å². The molecule has 114 valence electrons.